The van der Waals surface area contributed by atoms with E-state index in [2.05, 4.69) is 10.3 Å². The molecule has 3 aromatic rings. The maximum absolute atomic E-state index is 11.1. The minimum atomic E-state index is -0.731. The van der Waals surface area contributed by atoms with Crippen LogP contribution in [0.2, 0.25) is 5.15 Å². The number of halogens is 1. The SMILES string of the molecule is Cc1cc(Cl)nc2cc3c(cc12)OC(C)(C)[C@H](O)[C@H]3NCCc1ccc2c(c1)OCO2. The fourth-order valence-electron chi connectivity index (χ4n) is 4.33. The van der Waals surface area contributed by atoms with E-state index in [1.807, 2.05) is 57.2 Å². The second kappa shape index (κ2) is 7.55. The van der Waals surface area contributed by atoms with Gasteiger partial charge in [0.1, 0.15) is 22.6 Å². The van der Waals surface area contributed by atoms with Crippen LogP contribution in [0.1, 0.15) is 36.6 Å². The van der Waals surface area contributed by atoms with Gasteiger partial charge in [0.2, 0.25) is 6.79 Å². The highest BCUT2D eigenvalue weighted by atomic mass is 35.5. The van der Waals surface area contributed by atoms with Crippen molar-refractivity contribution in [3.05, 3.63) is 58.2 Å². The van der Waals surface area contributed by atoms with E-state index in [9.17, 15) is 5.11 Å². The van der Waals surface area contributed by atoms with Gasteiger partial charge in [-0.05, 0) is 75.2 Å². The Hall–Kier alpha value is -2.54. The largest absolute Gasteiger partial charge is 0.485 e. The lowest BCUT2D eigenvalue weighted by molar-refractivity contribution is -0.0642. The zero-order valence-corrected chi connectivity index (χ0v) is 18.5. The van der Waals surface area contributed by atoms with Gasteiger partial charge in [0.05, 0.1) is 11.6 Å². The summed E-state index contributed by atoms with van der Waals surface area (Å²) in [6, 6.07) is 11.5. The van der Waals surface area contributed by atoms with Gasteiger partial charge >= 0.3 is 0 Å². The van der Waals surface area contributed by atoms with Gasteiger partial charge in [-0.1, -0.05) is 17.7 Å². The van der Waals surface area contributed by atoms with E-state index in [0.29, 0.717) is 11.7 Å². The fourth-order valence-corrected chi connectivity index (χ4v) is 4.59. The highest BCUT2D eigenvalue weighted by Crippen LogP contribution is 2.42. The Bertz CT molecular complexity index is 1160. The van der Waals surface area contributed by atoms with Crippen LogP contribution in [0, 0.1) is 6.92 Å². The Kier molecular flexibility index (Phi) is 4.96. The standard InChI is InChI=1S/C24H25ClN2O4/c1-13-8-21(25)27-17-10-16-19(11-15(13)17)31-24(2,3)23(28)22(16)26-7-6-14-4-5-18-20(9-14)30-12-29-18/h4-5,8-11,22-23,26,28H,6-7,12H2,1-3H3/t22-,23+/m0/s1. The smallest absolute Gasteiger partial charge is 0.231 e. The van der Waals surface area contributed by atoms with Crippen molar-refractivity contribution < 1.29 is 19.3 Å². The molecule has 0 unspecified atom stereocenters. The molecule has 0 amide bonds. The number of aromatic nitrogens is 1. The fraction of sp³-hybridized carbons (Fsp3) is 0.375. The van der Waals surface area contributed by atoms with E-state index in [0.717, 1.165) is 51.3 Å². The van der Waals surface area contributed by atoms with Gasteiger partial charge in [0.15, 0.2) is 11.5 Å². The van der Waals surface area contributed by atoms with Crippen molar-refractivity contribution in [2.45, 2.75) is 44.9 Å². The van der Waals surface area contributed by atoms with Crippen molar-refractivity contribution in [2.75, 3.05) is 13.3 Å². The lowest BCUT2D eigenvalue weighted by atomic mass is 9.85. The molecule has 3 heterocycles. The highest BCUT2D eigenvalue weighted by molar-refractivity contribution is 6.29. The summed E-state index contributed by atoms with van der Waals surface area (Å²) >= 11 is 6.18. The molecule has 2 aliphatic heterocycles. The number of aliphatic hydroxyl groups is 1. The van der Waals surface area contributed by atoms with Gasteiger partial charge < -0.3 is 24.6 Å². The van der Waals surface area contributed by atoms with Crippen LogP contribution in [0.4, 0.5) is 0 Å². The zero-order chi connectivity index (χ0) is 21.8. The molecule has 0 bridgehead atoms. The van der Waals surface area contributed by atoms with Gasteiger partial charge in [0.25, 0.3) is 0 Å². The van der Waals surface area contributed by atoms with E-state index in [1.54, 1.807) is 0 Å². The number of pyridine rings is 1. The van der Waals surface area contributed by atoms with Gasteiger partial charge in [-0.3, -0.25) is 0 Å². The molecule has 6 nitrogen and oxygen atoms in total. The number of hydrogen-bond acceptors (Lipinski definition) is 6. The summed E-state index contributed by atoms with van der Waals surface area (Å²) in [5.74, 6) is 2.32. The van der Waals surface area contributed by atoms with Crippen molar-refractivity contribution in [3.8, 4) is 17.2 Å². The zero-order valence-electron chi connectivity index (χ0n) is 17.7. The number of fused-ring (bicyclic) bond motifs is 3. The first-order valence-corrected chi connectivity index (χ1v) is 10.8. The van der Waals surface area contributed by atoms with Gasteiger partial charge in [-0.2, -0.15) is 0 Å². The average molecular weight is 441 g/mol. The van der Waals surface area contributed by atoms with Crippen LogP contribution in [0.25, 0.3) is 10.9 Å². The van der Waals surface area contributed by atoms with Crippen molar-refractivity contribution in [1.82, 2.24) is 10.3 Å². The van der Waals surface area contributed by atoms with E-state index in [-0.39, 0.29) is 12.8 Å². The summed E-state index contributed by atoms with van der Waals surface area (Å²) in [5, 5.41) is 16.1. The first-order valence-electron chi connectivity index (χ1n) is 10.4. The van der Waals surface area contributed by atoms with Crippen molar-refractivity contribution in [3.63, 3.8) is 0 Å². The monoisotopic (exact) mass is 440 g/mol. The Balaban J connectivity index is 1.43. The van der Waals surface area contributed by atoms with Crippen LogP contribution in [0.15, 0.2) is 36.4 Å². The third-order valence-corrected chi connectivity index (χ3v) is 6.26. The summed E-state index contributed by atoms with van der Waals surface area (Å²) in [6.07, 6.45) is 0.0576. The number of rotatable bonds is 4. The van der Waals surface area contributed by atoms with E-state index in [1.165, 1.54) is 0 Å². The molecule has 0 saturated heterocycles. The molecule has 2 atom stereocenters. The topological polar surface area (TPSA) is 72.8 Å². The number of nitrogens with one attached hydrogen (secondary N) is 1. The minimum absolute atomic E-state index is 0.267. The first-order chi connectivity index (χ1) is 14.8. The van der Waals surface area contributed by atoms with Crippen molar-refractivity contribution >= 4 is 22.5 Å². The predicted molar refractivity (Wildman–Crippen MR) is 119 cm³/mol. The number of nitrogens with zero attached hydrogens (tertiary/aromatic N) is 1. The van der Waals surface area contributed by atoms with Crippen molar-refractivity contribution in [2.24, 2.45) is 0 Å². The molecule has 5 rings (SSSR count). The van der Waals surface area contributed by atoms with Crippen molar-refractivity contribution in [1.29, 1.82) is 0 Å². The van der Waals surface area contributed by atoms with Crippen LogP contribution in [0.5, 0.6) is 17.2 Å². The lowest BCUT2D eigenvalue weighted by Gasteiger charge is -2.42. The quantitative estimate of drug-likeness (QED) is 0.588. The maximum atomic E-state index is 11.1. The molecule has 0 aliphatic carbocycles. The molecule has 0 spiro atoms. The van der Waals surface area contributed by atoms with Crippen LogP contribution < -0.4 is 19.5 Å². The summed E-state index contributed by atoms with van der Waals surface area (Å²) in [4.78, 5) is 4.48. The molecule has 0 radical (unpaired) electrons. The Morgan fingerprint density at radius 2 is 1.94 bits per heavy atom. The van der Waals surface area contributed by atoms with Gasteiger partial charge in [-0.25, -0.2) is 4.98 Å². The predicted octanol–water partition coefficient (Wildman–Crippen LogP) is 4.33. The molecule has 2 aromatic carbocycles. The molecular formula is C24H25ClN2O4. The summed E-state index contributed by atoms with van der Waals surface area (Å²) in [6.45, 7) is 6.76. The van der Waals surface area contributed by atoms with Crippen LogP contribution in [-0.2, 0) is 6.42 Å². The Labute approximate surface area is 186 Å². The molecule has 162 valence electrons. The summed E-state index contributed by atoms with van der Waals surface area (Å²) in [7, 11) is 0. The molecule has 7 heteroatoms. The summed E-state index contributed by atoms with van der Waals surface area (Å²) in [5.41, 5.74) is 3.13. The molecule has 1 aromatic heterocycles. The van der Waals surface area contributed by atoms with Gasteiger partial charge in [-0.15, -0.1) is 0 Å². The molecule has 0 saturated carbocycles. The lowest BCUT2D eigenvalue weighted by Crippen LogP contribution is -2.52. The Morgan fingerprint density at radius 3 is 2.77 bits per heavy atom. The van der Waals surface area contributed by atoms with Crippen LogP contribution >= 0.6 is 11.6 Å². The third kappa shape index (κ3) is 3.69. The average Bonchev–Trinajstić information content (AvgIpc) is 3.18. The summed E-state index contributed by atoms with van der Waals surface area (Å²) < 4.78 is 17.0. The molecular weight excluding hydrogens is 416 g/mol. The maximum Gasteiger partial charge on any atom is 0.231 e. The first kappa shape index (κ1) is 20.4. The highest BCUT2D eigenvalue weighted by Gasteiger charge is 2.43. The van der Waals surface area contributed by atoms with E-state index >= 15 is 0 Å². The number of hydrogen-bond donors (Lipinski definition) is 2. The number of benzene rings is 2. The minimum Gasteiger partial charge on any atom is -0.485 e. The molecule has 2 N–H and O–H groups in total. The molecule has 31 heavy (non-hydrogen) atoms. The van der Waals surface area contributed by atoms with E-state index in [4.69, 9.17) is 25.8 Å². The second-order valence-corrected chi connectivity index (χ2v) is 9.08. The number of aryl methyl sites for hydroxylation is 1. The van der Waals surface area contributed by atoms with E-state index < -0.39 is 11.7 Å². The second-order valence-electron chi connectivity index (χ2n) is 8.69. The Morgan fingerprint density at radius 1 is 1.13 bits per heavy atom. The number of ether oxygens (including phenoxy) is 3. The number of aliphatic hydroxyl groups excluding tert-OH is 1. The van der Waals surface area contributed by atoms with Crippen LogP contribution in [0.3, 0.4) is 0 Å². The third-order valence-electron chi connectivity index (χ3n) is 6.07. The molecule has 0 fully saturated rings. The van der Waals surface area contributed by atoms with Gasteiger partial charge in [0, 0.05) is 10.9 Å². The normalized spacial score (nSPS) is 21.1. The molecule has 2 aliphatic rings. The van der Waals surface area contributed by atoms with Crippen LogP contribution in [-0.4, -0.2) is 35.1 Å².